The molecule has 1 saturated carbocycles. The van der Waals surface area contributed by atoms with Crippen molar-refractivity contribution in [3.8, 4) is 0 Å². The number of benzene rings is 1. The Morgan fingerprint density at radius 2 is 1.62 bits per heavy atom. The predicted octanol–water partition coefficient (Wildman–Crippen LogP) is 3.05. The van der Waals surface area contributed by atoms with Crippen LogP contribution >= 0.6 is 0 Å². The Balaban J connectivity index is 1.86. The zero-order valence-electron chi connectivity index (χ0n) is 19.6. The van der Waals surface area contributed by atoms with Crippen LogP contribution in [0.1, 0.15) is 76.2 Å². The Morgan fingerprint density at radius 3 is 2.16 bits per heavy atom. The lowest BCUT2D eigenvalue weighted by Gasteiger charge is -2.22. The van der Waals surface area contributed by atoms with E-state index in [0.29, 0.717) is 5.56 Å². The van der Waals surface area contributed by atoms with E-state index in [0.717, 1.165) is 31.2 Å². The average Bonchev–Trinajstić information content (AvgIpc) is 3.22. The summed E-state index contributed by atoms with van der Waals surface area (Å²) in [6, 6.07) is 5.76. The first-order valence-corrected chi connectivity index (χ1v) is 11.2. The van der Waals surface area contributed by atoms with Gasteiger partial charge in [-0.25, -0.2) is 9.59 Å². The van der Waals surface area contributed by atoms with Crippen LogP contribution in [-0.2, 0) is 19.7 Å². The zero-order chi connectivity index (χ0) is 23.9. The molecule has 32 heavy (non-hydrogen) atoms. The number of rotatable bonds is 7. The highest BCUT2D eigenvalue weighted by molar-refractivity contribution is 5.98. The van der Waals surface area contributed by atoms with Crippen molar-refractivity contribution < 1.29 is 23.9 Å². The molecule has 0 saturated heterocycles. The van der Waals surface area contributed by atoms with E-state index in [1.165, 1.54) is 0 Å². The number of urea groups is 1. The van der Waals surface area contributed by atoms with Gasteiger partial charge in [0, 0.05) is 11.6 Å². The standard InChI is InChI=1S/C24H35N3O5/c1-15(2)20(27-21(29)16-10-12-17(13-11-16)24(3,4)5)22(30)32-14-19(28)26-23(31)25-18-8-6-7-9-18/h10-13,15,18,20H,6-9,14H2,1-5H3,(H,27,29)(H2,25,26,28,31)/t20-/m0/s1. The Kier molecular flexibility index (Phi) is 8.80. The van der Waals surface area contributed by atoms with Gasteiger partial charge in [-0.05, 0) is 41.9 Å². The van der Waals surface area contributed by atoms with Gasteiger partial charge in [-0.1, -0.05) is 59.6 Å². The normalized spacial score (nSPS) is 15.2. The summed E-state index contributed by atoms with van der Waals surface area (Å²) < 4.78 is 5.05. The first-order chi connectivity index (χ1) is 15.0. The van der Waals surface area contributed by atoms with Crippen molar-refractivity contribution in [3.05, 3.63) is 35.4 Å². The van der Waals surface area contributed by atoms with Crippen LogP contribution in [0.25, 0.3) is 0 Å². The van der Waals surface area contributed by atoms with E-state index in [4.69, 9.17) is 4.74 Å². The summed E-state index contributed by atoms with van der Waals surface area (Å²) in [6.07, 6.45) is 3.90. The SMILES string of the molecule is CC(C)[C@H](NC(=O)c1ccc(C(C)(C)C)cc1)C(=O)OCC(=O)NC(=O)NC1CCCC1. The highest BCUT2D eigenvalue weighted by Gasteiger charge is 2.27. The molecule has 3 N–H and O–H groups in total. The van der Waals surface area contributed by atoms with Gasteiger partial charge < -0.3 is 15.4 Å². The molecule has 0 heterocycles. The number of hydrogen-bond donors (Lipinski definition) is 3. The fourth-order valence-corrected chi connectivity index (χ4v) is 3.52. The topological polar surface area (TPSA) is 114 Å². The van der Waals surface area contributed by atoms with Crippen molar-refractivity contribution >= 4 is 23.8 Å². The van der Waals surface area contributed by atoms with Crippen LogP contribution in [0.15, 0.2) is 24.3 Å². The molecule has 0 bridgehead atoms. The molecule has 1 atom stereocenters. The fourth-order valence-electron chi connectivity index (χ4n) is 3.52. The summed E-state index contributed by atoms with van der Waals surface area (Å²) in [6.45, 7) is 9.19. The van der Waals surface area contributed by atoms with Crippen LogP contribution in [0.4, 0.5) is 4.79 Å². The monoisotopic (exact) mass is 445 g/mol. The quantitative estimate of drug-likeness (QED) is 0.558. The van der Waals surface area contributed by atoms with Crippen LogP contribution in [-0.4, -0.2) is 42.5 Å². The van der Waals surface area contributed by atoms with Crippen molar-refractivity contribution in [1.82, 2.24) is 16.0 Å². The van der Waals surface area contributed by atoms with Gasteiger partial charge in [0.1, 0.15) is 6.04 Å². The predicted molar refractivity (Wildman–Crippen MR) is 121 cm³/mol. The summed E-state index contributed by atoms with van der Waals surface area (Å²) in [5, 5.41) is 7.57. The summed E-state index contributed by atoms with van der Waals surface area (Å²) in [5.41, 5.74) is 1.49. The number of ether oxygens (including phenoxy) is 1. The Labute approximate surface area is 189 Å². The molecule has 1 aliphatic rings. The van der Waals surface area contributed by atoms with Gasteiger partial charge in [-0.3, -0.25) is 14.9 Å². The number of imide groups is 1. The molecule has 0 spiro atoms. The molecule has 0 aromatic heterocycles. The number of nitrogens with one attached hydrogen (secondary N) is 3. The third kappa shape index (κ3) is 7.66. The highest BCUT2D eigenvalue weighted by Crippen LogP contribution is 2.22. The number of amides is 4. The van der Waals surface area contributed by atoms with Crippen LogP contribution in [0.5, 0.6) is 0 Å². The van der Waals surface area contributed by atoms with E-state index in [-0.39, 0.29) is 17.4 Å². The van der Waals surface area contributed by atoms with Crippen molar-refractivity contribution in [3.63, 3.8) is 0 Å². The van der Waals surface area contributed by atoms with Crippen LogP contribution in [0, 0.1) is 5.92 Å². The Hall–Kier alpha value is -2.90. The molecule has 1 aromatic carbocycles. The molecule has 8 heteroatoms. The molecule has 4 amide bonds. The number of esters is 1. The first-order valence-electron chi connectivity index (χ1n) is 11.2. The van der Waals surface area contributed by atoms with Crippen LogP contribution in [0.3, 0.4) is 0 Å². The molecule has 8 nitrogen and oxygen atoms in total. The van der Waals surface area contributed by atoms with Crippen molar-refractivity contribution in [2.75, 3.05) is 6.61 Å². The lowest BCUT2D eigenvalue weighted by atomic mass is 9.86. The van der Waals surface area contributed by atoms with E-state index in [1.54, 1.807) is 26.0 Å². The molecule has 1 aromatic rings. The minimum atomic E-state index is -0.926. The van der Waals surface area contributed by atoms with Crippen molar-refractivity contribution in [1.29, 1.82) is 0 Å². The van der Waals surface area contributed by atoms with Gasteiger partial charge >= 0.3 is 12.0 Å². The minimum Gasteiger partial charge on any atom is -0.454 e. The van der Waals surface area contributed by atoms with Gasteiger partial charge in [0.2, 0.25) is 0 Å². The number of carbonyl (C=O) groups excluding carboxylic acids is 4. The summed E-state index contributed by atoms with van der Waals surface area (Å²) in [5.74, 6) is -2.11. The molecular formula is C24H35N3O5. The van der Waals surface area contributed by atoms with Gasteiger partial charge in [-0.2, -0.15) is 0 Å². The Bertz CT molecular complexity index is 821. The molecule has 0 radical (unpaired) electrons. The summed E-state index contributed by atoms with van der Waals surface area (Å²) >= 11 is 0. The summed E-state index contributed by atoms with van der Waals surface area (Å²) in [4.78, 5) is 48.9. The fraction of sp³-hybridized carbons (Fsp3) is 0.583. The maximum absolute atomic E-state index is 12.6. The van der Waals surface area contributed by atoms with Gasteiger partial charge in [0.25, 0.3) is 11.8 Å². The van der Waals surface area contributed by atoms with Crippen LogP contribution < -0.4 is 16.0 Å². The number of carbonyl (C=O) groups is 4. The van der Waals surface area contributed by atoms with E-state index in [2.05, 4.69) is 36.7 Å². The van der Waals surface area contributed by atoms with Gasteiger partial charge in [0.15, 0.2) is 6.61 Å². The van der Waals surface area contributed by atoms with E-state index >= 15 is 0 Å². The summed E-state index contributed by atoms with van der Waals surface area (Å²) in [7, 11) is 0. The molecule has 0 aliphatic heterocycles. The minimum absolute atomic E-state index is 0.0339. The third-order valence-corrected chi connectivity index (χ3v) is 5.51. The van der Waals surface area contributed by atoms with Crippen molar-refractivity contribution in [2.45, 2.75) is 77.8 Å². The molecular weight excluding hydrogens is 410 g/mol. The molecule has 0 unspecified atom stereocenters. The maximum Gasteiger partial charge on any atom is 0.329 e. The molecule has 1 aliphatic carbocycles. The molecule has 1 fully saturated rings. The highest BCUT2D eigenvalue weighted by atomic mass is 16.5. The maximum atomic E-state index is 12.6. The third-order valence-electron chi connectivity index (χ3n) is 5.51. The Morgan fingerprint density at radius 1 is 1.03 bits per heavy atom. The van der Waals surface area contributed by atoms with E-state index in [1.807, 2.05) is 12.1 Å². The lowest BCUT2D eigenvalue weighted by Crippen LogP contribution is -2.47. The van der Waals surface area contributed by atoms with Crippen molar-refractivity contribution in [2.24, 2.45) is 5.92 Å². The second-order valence-corrected chi connectivity index (χ2v) is 9.63. The van der Waals surface area contributed by atoms with Gasteiger partial charge in [-0.15, -0.1) is 0 Å². The lowest BCUT2D eigenvalue weighted by molar-refractivity contribution is -0.151. The van der Waals surface area contributed by atoms with E-state index in [9.17, 15) is 19.2 Å². The smallest absolute Gasteiger partial charge is 0.329 e. The molecule has 176 valence electrons. The molecule has 2 rings (SSSR count). The second-order valence-electron chi connectivity index (χ2n) is 9.63. The van der Waals surface area contributed by atoms with Gasteiger partial charge in [0.05, 0.1) is 0 Å². The van der Waals surface area contributed by atoms with Crippen LogP contribution in [0.2, 0.25) is 0 Å². The first kappa shape index (κ1) is 25.4. The largest absolute Gasteiger partial charge is 0.454 e. The zero-order valence-corrected chi connectivity index (χ0v) is 19.6. The van der Waals surface area contributed by atoms with E-state index < -0.39 is 36.5 Å². The number of hydrogen-bond acceptors (Lipinski definition) is 5. The average molecular weight is 446 g/mol. The second kappa shape index (κ2) is 11.1.